The fraction of sp³-hybridized carbons (Fsp3) is 0.462. The van der Waals surface area contributed by atoms with Gasteiger partial charge in [0, 0.05) is 19.0 Å². The predicted molar refractivity (Wildman–Crippen MR) is 74.4 cm³/mol. The van der Waals surface area contributed by atoms with Gasteiger partial charge in [0.1, 0.15) is 12.6 Å². The Morgan fingerprint density at radius 3 is 2.72 bits per heavy atom. The average Bonchev–Trinajstić information content (AvgIpc) is 2.35. The van der Waals surface area contributed by atoms with Crippen molar-refractivity contribution in [2.45, 2.75) is 12.5 Å². The number of carbonyl (C=O) groups is 1. The predicted octanol–water partition coefficient (Wildman–Crippen LogP) is 2.12. The van der Waals surface area contributed by atoms with Gasteiger partial charge in [-0.05, 0) is 12.0 Å². The Morgan fingerprint density at radius 1 is 1.33 bits per heavy atom. The quantitative estimate of drug-likeness (QED) is 0.628. The first-order valence-electron chi connectivity index (χ1n) is 5.82. The molecule has 3 nitrogen and oxygen atoms in total. The number of hydrogen-bond acceptors (Lipinski definition) is 3. The van der Waals surface area contributed by atoms with Crippen LogP contribution in [0.5, 0.6) is 0 Å². The molecule has 0 N–H and O–H groups in total. The van der Waals surface area contributed by atoms with Gasteiger partial charge >= 0.3 is 5.97 Å². The maximum absolute atomic E-state index is 11.8. The third-order valence-corrected chi connectivity index (χ3v) is 3.15. The minimum Gasteiger partial charge on any atom is -0.463 e. The van der Waals surface area contributed by atoms with Crippen molar-refractivity contribution in [3.63, 3.8) is 0 Å². The molecule has 1 aliphatic heterocycles. The molecule has 1 saturated heterocycles. The van der Waals surface area contributed by atoms with Crippen LogP contribution >= 0.6 is 24.0 Å². The molecule has 1 aromatic carbocycles. The number of ether oxygens (including phenoxy) is 1. The van der Waals surface area contributed by atoms with Gasteiger partial charge in [0.05, 0.1) is 0 Å². The summed E-state index contributed by atoms with van der Waals surface area (Å²) < 4.78 is 5.12. The topological polar surface area (TPSA) is 29.5 Å². The van der Waals surface area contributed by atoms with E-state index < -0.39 is 0 Å². The van der Waals surface area contributed by atoms with E-state index in [1.807, 2.05) is 30.3 Å². The highest BCUT2D eigenvalue weighted by Gasteiger charge is 2.30. The van der Waals surface area contributed by atoms with Crippen molar-refractivity contribution in [2.75, 3.05) is 25.6 Å². The SMILES string of the molecule is Cl.O=C1OCCN(CCCl)C1Cc1ccccc1. The second kappa shape index (κ2) is 7.62. The van der Waals surface area contributed by atoms with Crippen molar-refractivity contribution < 1.29 is 9.53 Å². The highest BCUT2D eigenvalue weighted by Crippen LogP contribution is 2.14. The smallest absolute Gasteiger partial charge is 0.323 e. The molecule has 0 bridgehead atoms. The van der Waals surface area contributed by atoms with Gasteiger partial charge in [0.15, 0.2) is 0 Å². The molecular weight excluding hydrogens is 273 g/mol. The van der Waals surface area contributed by atoms with E-state index in [9.17, 15) is 4.79 Å². The number of nitrogens with zero attached hydrogens (tertiary/aromatic N) is 1. The highest BCUT2D eigenvalue weighted by molar-refractivity contribution is 6.18. The summed E-state index contributed by atoms with van der Waals surface area (Å²) in [6.07, 6.45) is 0.691. The van der Waals surface area contributed by atoms with Gasteiger partial charge in [-0.1, -0.05) is 30.3 Å². The van der Waals surface area contributed by atoms with E-state index in [4.69, 9.17) is 16.3 Å². The van der Waals surface area contributed by atoms with Crippen molar-refractivity contribution in [1.29, 1.82) is 0 Å². The lowest BCUT2D eigenvalue weighted by Gasteiger charge is -2.33. The van der Waals surface area contributed by atoms with Gasteiger partial charge in [-0.25, -0.2) is 0 Å². The summed E-state index contributed by atoms with van der Waals surface area (Å²) in [7, 11) is 0. The molecule has 1 atom stereocenters. The summed E-state index contributed by atoms with van der Waals surface area (Å²) in [5, 5.41) is 0. The zero-order chi connectivity index (χ0) is 12.1. The molecular formula is C13H17Cl2NO2. The number of hydrogen-bond donors (Lipinski definition) is 0. The summed E-state index contributed by atoms with van der Waals surface area (Å²) in [6.45, 7) is 1.98. The lowest BCUT2D eigenvalue weighted by Crippen LogP contribution is -2.50. The zero-order valence-corrected chi connectivity index (χ0v) is 11.6. The lowest BCUT2D eigenvalue weighted by molar-refractivity contribution is -0.157. The van der Waals surface area contributed by atoms with Crippen LogP contribution in [0, 0.1) is 0 Å². The molecule has 0 spiro atoms. The summed E-state index contributed by atoms with van der Waals surface area (Å²) >= 11 is 5.76. The number of esters is 1. The first-order chi connectivity index (χ1) is 8.31. The van der Waals surface area contributed by atoms with Crippen LogP contribution in [-0.2, 0) is 16.0 Å². The Balaban J connectivity index is 0.00000162. The number of cyclic esters (lactones) is 1. The van der Waals surface area contributed by atoms with Gasteiger partial charge in [0.2, 0.25) is 0 Å². The molecule has 0 aliphatic carbocycles. The molecule has 0 radical (unpaired) electrons. The Labute approximate surface area is 118 Å². The van der Waals surface area contributed by atoms with Crippen molar-refractivity contribution in [3.8, 4) is 0 Å². The molecule has 0 saturated carbocycles. The number of benzene rings is 1. The van der Waals surface area contributed by atoms with Crippen LogP contribution in [0.2, 0.25) is 0 Å². The van der Waals surface area contributed by atoms with E-state index in [0.717, 1.165) is 18.7 Å². The fourth-order valence-corrected chi connectivity index (χ4v) is 2.31. The monoisotopic (exact) mass is 289 g/mol. The Hall–Kier alpha value is -0.770. The van der Waals surface area contributed by atoms with E-state index in [1.54, 1.807) is 0 Å². The van der Waals surface area contributed by atoms with E-state index in [2.05, 4.69) is 4.90 Å². The van der Waals surface area contributed by atoms with Gasteiger partial charge in [-0.15, -0.1) is 24.0 Å². The number of halogens is 2. The minimum atomic E-state index is -0.190. The van der Waals surface area contributed by atoms with Crippen LogP contribution in [0.3, 0.4) is 0 Å². The fourth-order valence-electron chi connectivity index (χ4n) is 2.09. The van der Waals surface area contributed by atoms with Crippen molar-refractivity contribution in [1.82, 2.24) is 4.90 Å². The van der Waals surface area contributed by atoms with Crippen LogP contribution in [0.25, 0.3) is 0 Å². The van der Waals surface area contributed by atoms with Gasteiger partial charge < -0.3 is 4.74 Å². The first-order valence-corrected chi connectivity index (χ1v) is 6.35. The van der Waals surface area contributed by atoms with Crippen molar-refractivity contribution in [2.24, 2.45) is 0 Å². The molecule has 5 heteroatoms. The summed E-state index contributed by atoms with van der Waals surface area (Å²) in [5.41, 5.74) is 1.15. The molecule has 1 fully saturated rings. The van der Waals surface area contributed by atoms with E-state index in [0.29, 0.717) is 18.9 Å². The average molecular weight is 290 g/mol. The van der Waals surface area contributed by atoms with Crippen molar-refractivity contribution >= 4 is 30.0 Å². The molecule has 1 aromatic rings. The second-order valence-electron chi connectivity index (χ2n) is 4.10. The van der Waals surface area contributed by atoms with Gasteiger partial charge in [0.25, 0.3) is 0 Å². The second-order valence-corrected chi connectivity index (χ2v) is 4.48. The molecule has 2 rings (SSSR count). The maximum atomic E-state index is 11.8. The molecule has 1 heterocycles. The summed E-state index contributed by atoms with van der Waals surface area (Å²) in [6, 6.07) is 9.80. The molecule has 1 aliphatic rings. The molecule has 18 heavy (non-hydrogen) atoms. The third-order valence-electron chi connectivity index (χ3n) is 2.98. The maximum Gasteiger partial charge on any atom is 0.323 e. The van der Waals surface area contributed by atoms with Gasteiger partial charge in [-0.2, -0.15) is 0 Å². The number of carbonyl (C=O) groups excluding carboxylic acids is 1. The standard InChI is InChI=1S/C13H16ClNO2.ClH/c14-6-7-15-8-9-17-13(16)12(15)10-11-4-2-1-3-5-11;/h1-5,12H,6-10H2;1H. The number of morpholine rings is 1. The minimum absolute atomic E-state index is 0. The Bertz CT molecular complexity index is 371. The number of alkyl halides is 1. The summed E-state index contributed by atoms with van der Waals surface area (Å²) in [5.74, 6) is 0.406. The van der Waals surface area contributed by atoms with Crippen LogP contribution in [-0.4, -0.2) is 42.5 Å². The van der Waals surface area contributed by atoms with Crippen LogP contribution in [0.1, 0.15) is 5.56 Å². The molecule has 0 aromatic heterocycles. The van der Waals surface area contributed by atoms with Crippen LogP contribution < -0.4 is 0 Å². The van der Waals surface area contributed by atoms with E-state index in [1.165, 1.54) is 0 Å². The van der Waals surface area contributed by atoms with Crippen molar-refractivity contribution in [3.05, 3.63) is 35.9 Å². The van der Waals surface area contributed by atoms with Crippen LogP contribution in [0.15, 0.2) is 30.3 Å². The molecule has 0 amide bonds. The normalized spacial score (nSPS) is 20.1. The Kier molecular flexibility index (Phi) is 6.47. The molecule has 1 unspecified atom stereocenters. The zero-order valence-electron chi connectivity index (χ0n) is 10.0. The van der Waals surface area contributed by atoms with Gasteiger partial charge in [-0.3, -0.25) is 9.69 Å². The summed E-state index contributed by atoms with van der Waals surface area (Å²) in [4.78, 5) is 13.9. The largest absolute Gasteiger partial charge is 0.463 e. The third kappa shape index (κ3) is 3.87. The Morgan fingerprint density at radius 2 is 2.06 bits per heavy atom. The van der Waals surface area contributed by atoms with Crippen LogP contribution in [0.4, 0.5) is 0 Å². The first kappa shape index (κ1) is 15.3. The highest BCUT2D eigenvalue weighted by atomic mass is 35.5. The van der Waals surface area contributed by atoms with E-state index in [-0.39, 0.29) is 24.4 Å². The number of rotatable bonds is 4. The molecule has 100 valence electrons. The lowest BCUT2D eigenvalue weighted by atomic mass is 10.0. The van der Waals surface area contributed by atoms with E-state index >= 15 is 0 Å².